The molecule has 0 atom stereocenters. The summed E-state index contributed by atoms with van der Waals surface area (Å²) in [6.45, 7) is 2.88. The number of anilines is 1. The Morgan fingerprint density at radius 2 is 1.77 bits per heavy atom. The minimum Gasteiger partial charge on any atom is -0.493 e. The average Bonchev–Trinajstić information content (AvgIpc) is 2.72. The molecule has 0 aliphatic rings. The second kappa shape index (κ2) is 9.38. The van der Waals surface area contributed by atoms with Gasteiger partial charge in [-0.25, -0.2) is 13.6 Å². The number of sulfonamides is 1. The minimum atomic E-state index is -3.71. The Hall–Kier alpha value is -2.74. The van der Waals surface area contributed by atoms with Crippen LogP contribution >= 0.6 is 11.6 Å². The van der Waals surface area contributed by atoms with Gasteiger partial charge in [0.2, 0.25) is 10.0 Å². The van der Waals surface area contributed by atoms with Crippen LogP contribution in [0.4, 0.5) is 5.69 Å². The maximum Gasteiger partial charge on any atom is 0.238 e. The monoisotopic (exact) mass is 446 g/mol. The molecule has 0 unspecified atom stereocenters. The van der Waals surface area contributed by atoms with Crippen LogP contribution in [0.3, 0.4) is 0 Å². The van der Waals surface area contributed by atoms with E-state index in [0.29, 0.717) is 29.7 Å². The minimum absolute atomic E-state index is 0.0629. The summed E-state index contributed by atoms with van der Waals surface area (Å²) in [5, 5.41) is 8.78. The molecule has 158 valence electrons. The van der Waals surface area contributed by atoms with Crippen LogP contribution in [0.1, 0.15) is 16.7 Å². The fourth-order valence-electron chi connectivity index (χ4n) is 2.90. The molecule has 0 heterocycles. The fraction of sp³-hybridized carbons (Fsp3) is 0.182. The van der Waals surface area contributed by atoms with E-state index >= 15 is 0 Å². The molecule has 0 fully saturated rings. The van der Waals surface area contributed by atoms with Crippen molar-refractivity contribution in [3.8, 4) is 11.5 Å². The maximum absolute atomic E-state index is 11.3. The molecule has 30 heavy (non-hydrogen) atoms. The van der Waals surface area contributed by atoms with Crippen LogP contribution in [0, 0.1) is 6.92 Å². The smallest absolute Gasteiger partial charge is 0.238 e. The molecule has 0 saturated heterocycles. The highest BCUT2D eigenvalue weighted by molar-refractivity contribution is 7.89. The molecule has 0 aromatic heterocycles. The molecule has 0 spiro atoms. The molecule has 0 amide bonds. The van der Waals surface area contributed by atoms with E-state index in [-0.39, 0.29) is 4.90 Å². The van der Waals surface area contributed by atoms with Crippen molar-refractivity contribution in [3.05, 3.63) is 82.4 Å². The highest BCUT2D eigenvalue weighted by Crippen LogP contribution is 2.37. The van der Waals surface area contributed by atoms with E-state index in [1.165, 1.54) is 12.1 Å². The SMILES string of the molecule is COc1cc(CNc2ccc(S(N)(=O)=O)cc2)cc(Cl)c1OCc1ccccc1C. The zero-order chi connectivity index (χ0) is 21.7. The Morgan fingerprint density at radius 3 is 2.40 bits per heavy atom. The molecular weight excluding hydrogens is 424 g/mol. The van der Waals surface area contributed by atoms with Crippen LogP contribution < -0.4 is 19.9 Å². The van der Waals surface area contributed by atoms with E-state index < -0.39 is 10.0 Å². The number of benzene rings is 3. The number of ether oxygens (including phenoxy) is 2. The van der Waals surface area contributed by atoms with Crippen molar-refractivity contribution >= 4 is 27.3 Å². The quantitative estimate of drug-likeness (QED) is 0.531. The van der Waals surface area contributed by atoms with Crippen molar-refractivity contribution in [1.29, 1.82) is 0 Å². The molecule has 3 aromatic rings. The topological polar surface area (TPSA) is 90.6 Å². The average molecular weight is 447 g/mol. The summed E-state index contributed by atoms with van der Waals surface area (Å²) < 4.78 is 34.1. The summed E-state index contributed by atoms with van der Waals surface area (Å²) in [6, 6.07) is 17.9. The highest BCUT2D eigenvalue weighted by atomic mass is 35.5. The van der Waals surface area contributed by atoms with E-state index in [9.17, 15) is 8.42 Å². The second-order valence-electron chi connectivity index (χ2n) is 6.75. The first-order valence-corrected chi connectivity index (χ1v) is 11.1. The number of nitrogens with one attached hydrogen (secondary N) is 1. The number of aryl methyl sites for hydroxylation is 1. The van der Waals surface area contributed by atoms with Crippen LogP contribution in [0.5, 0.6) is 11.5 Å². The van der Waals surface area contributed by atoms with Gasteiger partial charge in [-0.1, -0.05) is 35.9 Å². The van der Waals surface area contributed by atoms with Crippen molar-refractivity contribution in [2.24, 2.45) is 5.14 Å². The zero-order valence-corrected chi connectivity index (χ0v) is 18.3. The first kappa shape index (κ1) is 22.0. The van der Waals surface area contributed by atoms with Crippen molar-refractivity contribution < 1.29 is 17.9 Å². The van der Waals surface area contributed by atoms with Gasteiger partial charge in [0.15, 0.2) is 11.5 Å². The van der Waals surface area contributed by atoms with Crippen LogP contribution in [0.2, 0.25) is 5.02 Å². The third-order valence-corrected chi connectivity index (χ3v) is 5.81. The molecular formula is C22H23ClN2O4S. The van der Waals surface area contributed by atoms with Gasteiger partial charge in [-0.05, 0) is 60.0 Å². The van der Waals surface area contributed by atoms with Gasteiger partial charge in [0.25, 0.3) is 0 Å². The lowest BCUT2D eigenvalue weighted by atomic mass is 10.1. The van der Waals surface area contributed by atoms with Gasteiger partial charge >= 0.3 is 0 Å². The first-order chi connectivity index (χ1) is 14.3. The zero-order valence-electron chi connectivity index (χ0n) is 16.7. The highest BCUT2D eigenvalue weighted by Gasteiger charge is 2.13. The molecule has 3 aromatic carbocycles. The lowest BCUT2D eigenvalue weighted by Gasteiger charge is -2.15. The predicted molar refractivity (Wildman–Crippen MR) is 119 cm³/mol. The molecule has 0 radical (unpaired) electrons. The van der Waals surface area contributed by atoms with Crippen LogP contribution in [-0.4, -0.2) is 15.5 Å². The van der Waals surface area contributed by atoms with Gasteiger partial charge in [0.05, 0.1) is 17.0 Å². The number of rotatable bonds is 8. The standard InChI is InChI=1S/C22H23ClN2O4S/c1-15-5-3-4-6-17(15)14-29-22-20(23)11-16(12-21(22)28-2)13-25-18-7-9-19(10-8-18)30(24,26)27/h3-12,25H,13-14H2,1-2H3,(H2,24,26,27). The third-order valence-electron chi connectivity index (χ3n) is 4.60. The van der Waals surface area contributed by atoms with Crippen LogP contribution in [-0.2, 0) is 23.2 Å². The Morgan fingerprint density at radius 1 is 1.07 bits per heavy atom. The number of nitrogens with two attached hydrogens (primary N) is 1. The Bertz CT molecular complexity index is 1130. The Kier molecular flexibility index (Phi) is 6.87. The van der Waals surface area contributed by atoms with Gasteiger partial charge < -0.3 is 14.8 Å². The number of halogens is 1. The summed E-state index contributed by atoms with van der Waals surface area (Å²) in [7, 11) is -2.15. The van der Waals surface area contributed by atoms with Crippen molar-refractivity contribution in [2.45, 2.75) is 25.0 Å². The Balaban J connectivity index is 1.71. The molecule has 0 saturated carbocycles. The summed E-state index contributed by atoms with van der Waals surface area (Å²) in [5.41, 5.74) is 3.85. The van der Waals surface area contributed by atoms with E-state index in [1.54, 1.807) is 19.2 Å². The molecule has 3 N–H and O–H groups in total. The molecule has 3 rings (SSSR count). The molecule has 0 bridgehead atoms. The van der Waals surface area contributed by atoms with Gasteiger partial charge in [0.1, 0.15) is 6.61 Å². The van der Waals surface area contributed by atoms with E-state index in [2.05, 4.69) is 5.32 Å². The largest absolute Gasteiger partial charge is 0.493 e. The summed E-state index contributed by atoms with van der Waals surface area (Å²) in [4.78, 5) is 0.0629. The molecule has 0 aliphatic heterocycles. The van der Waals surface area contributed by atoms with E-state index in [0.717, 1.165) is 22.4 Å². The normalized spacial score (nSPS) is 11.2. The lowest BCUT2D eigenvalue weighted by molar-refractivity contribution is 0.284. The fourth-order valence-corrected chi connectivity index (χ4v) is 3.71. The number of hydrogen-bond donors (Lipinski definition) is 2. The third kappa shape index (κ3) is 5.44. The first-order valence-electron chi connectivity index (χ1n) is 9.18. The summed E-state index contributed by atoms with van der Waals surface area (Å²) >= 11 is 6.46. The van der Waals surface area contributed by atoms with Gasteiger partial charge in [-0.2, -0.15) is 0 Å². The lowest BCUT2D eigenvalue weighted by Crippen LogP contribution is -2.12. The predicted octanol–water partition coefficient (Wildman–Crippen LogP) is 4.50. The van der Waals surface area contributed by atoms with Crippen LogP contribution in [0.15, 0.2) is 65.6 Å². The molecule has 6 nitrogen and oxygen atoms in total. The molecule has 0 aliphatic carbocycles. The van der Waals surface area contributed by atoms with Crippen LogP contribution in [0.25, 0.3) is 0 Å². The van der Waals surface area contributed by atoms with Gasteiger partial charge in [-0.3, -0.25) is 0 Å². The maximum atomic E-state index is 11.3. The Labute approximate surface area is 181 Å². The van der Waals surface area contributed by atoms with Crippen molar-refractivity contribution in [2.75, 3.05) is 12.4 Å². The summed E-state index contributed by atoms with van der Waals surface area (Å²) in [6.07, 6.45) is 0. The van der Waals surface area contributed by atoms with Crippen molar-refractivity contribution in [1.82, 2.24) is 0 Å². The summed E-state index contributed by atoms with van der Waals surface area (Å²) in [5.74, 6) is 1.03. The van der Waals surface area contributed by atoms with Crippen molar-refractivity contribution in [3.63, 3.8) is 0 Å². The van der Waals surface area contributed by atoms with Gasteiger partial charge in [0, 0.05) is 12.2 Å². The molecule has 8 heteroatoms. The number of methoxy groups -OCH3 is 1. The van der Waals surface area contributed by atoms with E-state index in [1.807, 2.05) is 43.3 Å². The second-order valence-corrected chi connectivity index (χ2v) is 8.72. The number of primary sulfonamides is 1. The van der Waals surface area contributed by atoms with Gasteiger partial charge in [-0.15, -0.1) is 0 Å². The number of hydrogen-bond acceptors (Lipinski definition) is 5. The van der Waals surface area contributed by atoms with E-state index in [4.69, 9.17) is 26.2 Å².